The molecule has 3 rings (SSSR count). The molecule has 1 aromatic heterocycles. The highest BCUT2D eigenvalue weighted by atomic mass is 32.2. The van der Waals surface area contributed by atoms with Crippen molar-refractivity contribution in [3.8, 4) is 0 Å². The summed E-state index contributed by atoms with van der Waals surface area (Å²) >= 11 is 1.48. The molecule has 0 saturated heterocycles. The van der Waals surface area contributed by atoms with Crippen molar-refractivity contribution in [2.75, 3.05) is 7.05 Å². The number of likely N-dealkylation sites (N-methyl/N-ethyl adjacent to an activating group) is 1. The number of hydrogen-bond acceptors (Lipinski definition) is 4. The van der Waals surface area contributed by atoms with Gasteiger partial charge >= 0.3 is 0 Å². The van der Waals surface area contributed by atoms with Crippen molar-refractivity contribution in [2.24, 2.45) is 0 Å². The van der Waals surface area contributed by atoms with Gasteiger partial charge in [0.15, 0.2) is 0 Å². The van der Waals surface area contributed by atoms with Gasteiger partial charge in [-0.3, -0.25) is 9.59 Å². The number of aromatic nitrogens is 2. The SMILES string of the molecule is CN(Cc1nc2ccccc2c(=O)[nH]1)C(=O)/C=C/Sc1ccccc1. The fourth-order valence-electron chi connectivity index (χ4n) is 2.31. The Morgan fingerprint density at radius 2 is 1.88 bits per heavy atom. The summed E-state index contributed by atoms with van der Waals surface area (Å²) in [4.78, 5) is 34.0. The molecular formula is C19H17N3O2S. The Morgan fingerprint density at radius 1 is 1.16 bits per heavy atom. The number of nitrogens with one attached hydrogen (secondary N) is 1. The Balaban J connectivity index is 1.66. The number of nitrogens with zero attached hydrogens (tertiary/aromatic N) is 2. The molecule has 0 atom stereocenters. The van der Waals surface area contributed by atoms with E-state index >= 15 is 0 Å². The fourth-order valence-corrected chi connectivity index (χ4v) is 2.97. The molecular weight excluding hydrogens is 334 g/mol. The lowest BCUT2D eigenvalue weighted by Gasteiger charge is -2.14. The third kappa shape index (κ3) is 4.36. The second-order valence-corrected chi connectivity index (χ2v) is 6.44. The lowest BCUT2D eigenvalue weighted by molar-refractivity contribution is -0.125. The molecule has 0 aliphatic rings. The molecule has 0 unspecified atom stereocenters. The summed E-state index contributed by atoms with van der Waals surface area (Å²) in [6.07, 6.45) is 1.51. The molecule has 1 N–H and O–H groups in total. The number of benzene rings is 2. The van der Waals surface area contributed by atoms with Crippen molar-refractivity contribution in [3.63, 3.8) is 0 Å². The van der Waals surface area contributed by atoms with Crippen molar-refractivity contribution < 1.29 is 4.79 Å². The number of thioether (sulfide) groups is 1. The first kappa shape index (κ1) is 17.0. The third-order valence-corrected chi connectivity index (χ3v) is 4.40. The van der Waals surface area contributed by atoms with Gasteiger partial charge in [0.2, 0.25) is 5.91 Å². The summed E-state index contributed by atoms with van der Waals surface area (Å²) < 4.78 is 0. The molecule has 1 amide bonds. The monoisotopic (exact) mass is 351 g/mol. The van der Waals surface area contributed by atoms with Crippen LogP contribution in [0.2, 0.25) is 0 Å². The highest BCUT2D eigenvalue weighted by molar-refractivity contribution is 8.02. The lowest BCUT2D eigenvalue weighted by atomic mass is 10.2. The van der Waals surface area contributed by atoms with Gasteiger partial charge in [0, 0.05) is 18.0 Å². The quantitative estimate of drug-likeness (QED) is 0.566. The maximum atomic E-state index is 12.2. The molecule has 5 nitrogen and oxygen atoms in total. The number of hydrogen-bond donors (Lipinski definition) is 1. The summed E-state index contributed by atoms with van der Waals surface area (Å²) in [6, 6.07) is 16.9. The van der Waals surface area contributed by atoms with E-state index in [4.69, 9.17) is 0 Å². The zero-order valence-electron chi connectivity index (χ0n) is 13.7. The topological polar surface area (TPSA) is 66.1 Å². The Kier molecular flexibility index (Phi) is 5.30. The van der Waals surface area contributed by atoms with Gasteiger partial charge in [-0.15, -0.1) is 0 Å². The maximum Gasteiger partial charge on any atom is 0.258 e. The first-order chi connectivity index (χ1) is 12.1. The summed E-state index contributed by atoms with van der Waals surface area (Å²) in [5.41, 5.74) is 0.425. The van der Waals surface area contributed by atoms with Crippen LogP contribution in [0.1, 0.15) is 5.82 Å². The van der Waals surface area contributed by atoms with Crippen LogP contribution in [0.4, 0.5) is 0 Å². The highest BCUT2D eigenvalue weighted by Gasteiger charge is 2.09. The molecule has 1 heterocycles. The zero-order chi connectivity index (χ0) is 17.6. The normalized spacial score (nSPS) is 11.1. The molecule has 6 heteroatoms. The molecule has 0 bridgehead atoms. The van der Waals surface area contributed by atoms with Crippen molar-refractivity contribution >= 4 is 28.6 Å². The van der Waals surface area contributed by atoms with E-state index in [1.807, 2.05) is 36.4 Å². The molecule has 0 spiro atoms. The third-order valence-electron chi connectivity index (χ3n) is 3.58. The van der Waals surface area contributed by atoms with Crippen LogP contribution in [0.25, 0.3) is 10.9 Å². The van der Waals surface area contributed by atoms with Crippen LogP contribution in [-0.2, 0) is 11.3 Å². The van der Waals surface area contributed by atoms with Crippen molar-refractivity contribution in [3.05, 3.63) is 82.3 Å². The van der Waals surface area contributed by atoms with Gasteiger partial charge in [0.25, 0.3) is 5.56 Å². The second kappa shape index (κ2) is 7.81. The van der Waals surface area contributed by atoms with Crippen molar-refractivity contribution in [2.45, 2.75) is 11.4 Å². The van der Waals surface area contributed by atoms with E-state index in [1.54, 1.807) is 30.7 Å². The van der Waals surface area contributed by atoms with Gasteiger partial charge in [-0.1, -0.05) is 42.1 Å². The molecule has 126 valence electrons. The number of carbonyl (C=O) groups excluding carboxylic acids is 1. The number of H-pyrrole nitrogens is 1. The predicted molar refractivity (Wildman–Crippen MR) is 100 cm³/mol. The number of fused-ring (bicyclic) bond motifs is 1. The number of carbonyl (C=O) groups is 1. The van der Waals surface area contributed by atoms with E-state index in [9.17, 15) is 9.59 Å². The first-order valence-corrected chi connectivity index (χ1v) is 8.63. The first-order valence-electron chi connectivity index (χ1n) is 7.75. The summed E-state index contributed by atoms with van der Waals surface area (Å²) in [5.74, 6) is 0.308. The molecule has 0 saturated carbocycles. The maximum absolute atomic E-state index is 12.2. The minimum atomic E-state index is -0.198. The molecule has 0 aliphatic heterocycles. The number of aromatic amines is 1. The summed E-state index contributed by atoms with van der Waals surface area (Å²) in [5, 5.41) is 2.30. The Labute approximate surface area is 149 Å². The summed E-state index contributed by atoms with van der Waals surface area (Å²) in [7, 11) is 1.68. The standard InChI is InChI=1S/C19H17N3O2S/c1-22(18(23)11-12-25-14-7-3-2-4-8-14)13-17-20-16-10-6-5-9-15(16)19(24)21-17/h2-12H,13H2,1H3,(H,20,21,24)/b12-11+. The van der Waals surface area contributed by atoms with Crippen LogP contribution in [-0.4, -0.2) is 27.8 Å². The van der Waals surface area contributed by atoms with E-state index in [2.05, 4.69) is 9.97 Å². The molecule has 25 heavy (non-hydrogen) atoms. The fraction of sp³-hybridized carbons (Fsp3) is 0.105. The van der Waals surface area contributed by atoms with E-state index in [0.29, 0.717) is 16.7 Å². The number of para-hydroxylation sites is 1. The summed E-state index contributed by atoms with van der Waals surface area (Å²) in [6.45, 7) is 0.235. The van der Waals surface area contributed by atoms with Gasteiger partial charge in [-0.25, -0.2) is 4.98 Å². The second-order valence-electron chi connectivity index (χ2n) is 5.46. The Bertz CT molecular complexity index is 967. The predicted octanol–water partition coefficient (Wildman–Crippen LogP) is 3.19. The van der Waals surface area contributed by atoms with Crippen LogP contribution >= 0.6 is 11.8 Å². The van der Waals surface area contributed by atoms with Gasteiger partial charge in [-0.05, 0) is 29.7 Å². The minimum absolute atomic E-state index is 0.153. The van der Waals surface area contributed by atoms with Gasteiger partial charge in [0.05, 0.1) is 17.4 Å². The smallest absolute Gasteiger partial charge is 0.258 e. The average Bonchev–Trinajstić information content (AvgIpc) is 2.62. The lowest BCUT2D eigenvalue weighted by Crippen LogP contribution is -2.26. The Hall–Kier alpha value is -2.86. The number of amides is 1. The molecule has 3 aromatic rings. The van der Waals surface area contributed by atoms with Crippen LogP contribution < -0.4 is 5.56 Å². The van der Waals surface area contributed by atoms with E-state index in [-0.39, 0.29) is 18.0 Å². The van der Waals surface area contributed by atoms with Crippen molar-refractivity contribution in [1.29, 1.82) is 0 Å². The molecule has 2 aromatic carbocycles. The molecule has 0 aliphatic carbocycles. The van der Waals surface area contributed by atoms with Crippen LogP contribution in [0.15, 0.2) is 75.8 Å². The molecule has 0 radical (unpaired) electrons. The van der Waals surface area contributed by atoms with Crippen LogP contribution in [0.3, 0.4) is 0 Å². The average molecular weight is 351 g/mol. The zero-order valence-corrected chi connectivity index (χ0v) is 14.5. The highest BCUT2D eigenvalue weighted by Crippen LogP contribution is 2.18. The van der Waals surface area contributed by atoms with E-state index in [1.165, 1.54) is 22.7 Å². The van der Waals surface area contributed by atoms with Gasteiger partial charge in [0.1, 0.15) is 5.82 Å². The van der Waals surface area contributed by atoms with Crippen LogP contribution in [0, 0.1) is 0 Å². The number of rotatable bonds is 5. The largest absolute Gasteiger partial charge is 0.335 e. The van der Waals surface area contributed by atoms with Crippen molar-refractivity contribution in [1.82, 2.24) is 14.9 Å². The minimum Gasteiger partial charge on any atom is -0.335 e. The van der Waals surface area contributed by atoms with Crippen LogP contribution in [0.5, 0.6) is 0 Å². The van der Waals surface area contributed by atoms with Gasteiger partial charge in [-0.2, -0.15) is 0 Å². The molecule has 0 fully saturated rings. The Morgan fingerprint density at radius 3 is 2.68 bits per heavy atom. The van der Waals surface area contributed by atoms with E-state index < -0.39 is 0 Å². The van der Waals surface area contributed by atoms with E-state index in [0.717, 1.165) is 4.90 Å². The van der Waals surface area contributed by atoms with Gasteiger partial charge < -0.3 is 9.88 Å².